The molecule has 0 fully saturated rings. The molecule has 30 heavy (non-hydrogen) atoms. The van der Waals surface area contributed by atoms with Crippen LogP contribution in [0, 0.1) is 0 Å². The van der Waals surface area contributed by atoms with Crippen LogP contribution in [-0.4, -0.2) is 57.8 Å². The monoisotopic (exact) mass is 417 g/mol. The number of rotatable bonds is 14. The zero-order chi connectivity index (χ0) is 21.8. The Bertz CT molecular complexity index is 655. The van der Waals surface area contributed by atoms with Gasteiger partial charge in [-0.1, -0.05) is 24.3 Å². The minimum atomic E-state index is -0.602. The number of hydrogen-bond donors (Lipinski definition) is 2. The average Bonchev–Trinajstić information content (AvgIpc) is 2.77. The van der Waals surface area contributed by atoms with Crippen molar-refractivity contribution in [2.75, 3.05) is 40.5 Å². The van der Waals surface area contributed by atoms with Gasteiger partial charge in [0.15, 0.2) is 0 Å². The SMILES string of the molecule is COc1ccc(C(OCC(O)CNCCCOC(C)C)c2ccc(OC)cc2)cc1. The lowest BCUT2D eigenvalue weighted by atomic mass is 10.0. The Hall–Kier alpha value is -2.12. The summed E-state index contributed by atoms with van der Waals surface area (Å²) < 4.78 is 22.2. The van der Waals surface area contributed by atoms with Gasteiger partial charge < -0.3 is 29.4 Å². The molecule has 2 aromatic carbocycles. The van der Waals surface area contributed by atoms with Crippen LogP contribution in [0.25, 0.3) is 0 Å². The summed E-state index contributed by atoms with van der Waals surface area (Å²) in [5, 5.41) is 13.6. The molecule has 0 aliphatic heterocycles. The fraction of sp³-hybridized carbons (Fsp3) is 0.500. The van der Waals surface area contributed by atoms with E-state index in [4.69, 9.17) is 18.9 Å². The van der Waals surface area contributed by atoms with E-state index >= 15 is 0 Å². The lowest BCUT2D eigenvalue weighted by Gasteiger charge is -2.22. The van der Waals surface area contributed by atoms with Gasteiger partial charge in [0.1, 0.15) is 17.6 Å². The van der Waals surface area contributed by atoms with E-state index in [-0.39, 0.29) is 18.8 Å². The Labute approximate surface area is 180 Å². The van der Waals surface area contributed by atoms with Gasteiger partial charge in [0.25, 0.3) is 0 Å². The maximum absolute atomic E-state index is 10.3. The summed E-state index contributed by atoms with van der Waals surface area (Å²) in [6.45, 7) is 6.25. The number of aliphatic hydroxyl groups is 1. The van der Waals surface area contributed by atoms with E-state index in [1.54, 1.807) is 14.2 Å². The van der Waals surface area contributed by atoms with Crippen molar-refractivity contribution >= 4 is 0 Å². The van der Waals surface area contributed by atoms with Crippen LogP contribution in [0.5, 0.6) is 11.5 Å². The molecule has 6 heteroatoms. The Morgan fingerprint density at radius 2 is 1.37 bits per heavy atom. The smallest absolute Gasteiger partial charge is 0.118 e. The molecule has 0 saturated carbocycles. The van der Waals surface area contributed by atoms with Gasteiger partial charge in [-0.2, -0.15) is 0 Å². The van der Waals surface area contributed by atoms with Crippen LogP contribution >= 0.6 is 0 Å². The van der Waals surface area contributed by atoms with E-state index < -0.39 is 6.10 Å². The average molecular weight is 418 g/mol. The second kappa shape index (κ2) is 13.2. The van der Waals surface area contributed by atoms with Gasteiger partial charge in [-0.3, -0.25) is 0 Å². The van der Waals surface area contributed by atoms with Gasteiger partial charge in [0.2, 0.25) is 0 Å². The third-order valence-corrected chi connectivity index (χ3v) is 4.62. The van der Waals surface area contributed by atoms with Crippen molar-refractivity contribution in [3.05, 3.63) is 59.7 Å². The van der Waals surface area contributed by atoms with E-state index in [2.05, 4.69) is 5.32 Å². The Kier molecular flexibility index (Phi) is 10.7. The van der Waals surface area contributed by atoms with Gasteiger partial charge in [-0.05, 0) is 62.2 Å². The normalized spacial score (nSPS) is 12.4. The fourth-order valence-corrected chi connectivity index (χ4v) is 2.99. The van der Waals surface area contributed by atoms with E-state index in [0.717, 1.165) is 35.6 Å². The van der Waals surface area contributed by atoms with Crippen LogP contribution in [0.3, 0.4) is 0 Å². The zero-order valence-corrected chi connectivity index (χ0v) is 18.5. The molecule has 0 amide bonds. The van der Waals surface area contributed by atoms with Crippen LogP contribution in [0.4, 0.5) is 0 Å². The molecule has 166 valence electrons. The Balaban J connectivity index is 1.92. The molecule has 0 aliphatic rings. The summed E-state index contributed by atoms with van der Waals surface area (Å²) in [5.74, 6) is 1.58. The highest BCUT2D eigenvalue weighted by molar-refractivity contribution is 5.36. The standard InChI is InChI=1S/C24H35NO5/c1-18(2)29-15-5-14-25-16-21(26)17-30-24(19-6-10-22(27-3)11-7-19)20-8-12-23(28-4)13-9-20/h6-13,18,21,24-26H,5,14-17H2,1-4H3. The van der Waals surface area contributed by atoms with Crippen molar-refractivity contribution in [2.24, 2.45) is 0 Å². The topological polar surface area (TPSA) is 69.2 Å². The van der Waals surface area contributed by atoms with Crippen molar-refractivity contribution in [1.29, 1.82) is 0 Å². The van der Waals surface area contributed by atoms with Crippen molar-refractivity contribution < 1.29 is 24.1 Å². The summed E-state index contributed by atoms with van der Waals surface area (Å²) in [5.41, 5.74) is 1.99. The minimum Gasteiger partial charge on any atom is -0.497 e. The molecule has 6 nitrogen and oxygen atoms in total. The number of hydrogen-bond acceptors (Lipinski definition) is 6. The first kappa shape index (κ1) is 24.2. The van der Waals surface area contributed by atoms with Gasteiger partial charge in [-0.25, -0.2) is 0 Å². The highest BCUT2D eigenvalue weighted by atomic mass is 16.5. The van der Waals surface area contributed by atoms with Crippen LogP contribution in [-0.2, 0) is 9.47 Å². The van der Waals surface area contributed by atoms with E-state index in [1.807, 2.05) is 62.4 Å². The maximum atomic E-state index is 10.3. The van der Waals surface area contributed by atoms with Crippen LogP contribution < -0.4 is 14.8 Å². The molecular formula is C24H35NO5. The number of aliphatic hydroxyl groups excluding tert-OH is 1. The molecule has 1 atom stereocenters. The van der Waals surface area contributed by atoms with Gasteiger partial charge >= 0.3 is 0 Å². The van der Waals surface area contributed by atoms with Gasteiger partial charge in [-0.15, -0.1) is 0 Å². The molecule has 0 radical (unpaired) electrons. The predicted octanol–water partition coefficient (Wildman–Crippen LogP) is 3.58. The summed E-state index contributed by atoms with van der Waals surface area (Å²) >= 11 is 0. The van der Waals surface area contributed by atoms with Crippen LogP contribution in [0.1, 0.15) is 37.5 Å². The lowest BCUT2D eigenvalue weighted by Crippen LogP contribution is -2.32. The van der Waals surface area contributed by atoms with Crippen LogP contribution in [0.15, 0.2) is 48.5 Å². The fourth-order valence-electron chi connectivity index (χ4n) is 2.99. The van der Waals surface area contributed by atoms with Gasteiger partial charge in [0, 0.05) is 13.2 Å². The first-order valence-corrected chi connectivity index (χ1v) is 10.4. The molecule has 2 aromatic rings. The predicted molar refractivity (Wildman–Crippen MR) is 118 cm³/mol. The molecule has 0 aliphatic carbocycles. The summed E-state index contributed by atoms with van der Waals surface area (Å²) in [6.07, 6.45) is 0.259. The van der Waals surface area contributed by atoms with Crippen molar-refractivity contribution in [2.45, 2.75) is 38.6 Å². The van der Waals surface area contributed by atoms with E-state index in [0.29, 0.717) is 13.2 Å². The summed E-state index contributed by atoms with van der Waals surface area (Å²) in [7, 11) is 3.29. The van der Waals surface area contributed by atoms with Crippen molar-refractivity contribution in [3.63, 3.8) is 0 Å². The maximum Gasteiger partial charge on any atom is 0.118 e. The molecule has 0 saturated heterocycles. The number of nitrogens with one attached hydrogen (secondary N) is 1. The molecule has 0 spiro atoms. The quantitative estimate of drug-likeness (QED) is 0.458. The summed E-state index contributed by atoms with van der Waals surface area (Å²) in [4.78, 5) is 0. The number of ether oxygens (including phenoxy) is 4. The molecule has 2 N–H and O–H groups in total. The lowest BCUT2D eigenvalue weighted by molar-refractivity contribution is 0.00627. The zero-order valence-electron chi connectivity index (χ0n) is 18.5. The van der Waals surface area contributed by atoms with E-state index in [9.17, 15) is 5.11 Å². The molecule has 2 rings (SSSR count). The second-order valence-corrected chi connectivity index (χ2v) is 7.39. The highest BCUT2D eigenvalue weighted by Crippen LogP contribution is 2.29. The number of benzene rings is 2. The van der Waals surface area contributed by atoms with Crippen molar-refractivity contribution in [3.8, 4) is 11.5 Å². The first-order valence-electron chi connectivity index (χ1n) is 10.4. The molecule has 0 bridgehead atoms. The Morgan fingerprint density at radius 1 is 0.833 bits per heavy atom. The Morgan fingerprint density at radius 3 is 1.83 bits per heavy atom. The first-order chi connectivity index (χ1) is 14.5. The molecular weight excluding hydrogens is 382 g/mol. The molecule has 1 unspecified atom stereocenters. The third-order valence-electron chi connectivity index (χ3n) is 4.62. The summed E-state index contributed by atoms with van der Waals surface area (Å²) in [6, 6.07) is 15.6. The van der Waals surface area contributed by atoms with Crippen LogP contribution in [0.2, 0.25) is 0 Å². The molecule has 0 aromatic heterocycles. The largest absolute Gasteiger partial charge is 0.497 e. The number of methoxy groups -OCH3 is 2. The van der Waals surface area contributed by atoms with E-state index in [1.165, 1.54) is 0 Å². The third kappa shape index (κ3) is 8.32. The van der Waals surface area contributed by atoms with Crippen molar-refractivity contribution in [1.82, 2.24) is 5.32 Å². The highest BCUT2D eigenvalue weighted by Gasteiger charge is 2.17. The molecule has 0 heterocycles. The second-order valence-electron chi connectivity index (χ2n) is 7.39. The minimum absolute atomic E-state index is 0.220. The van der Waals surface area contributed by atoms with Gasteiger partial charge in [0.05, 0.1) is 33.0 Å².